The molecule has 21 heavy (non-hydrogen) atoms. The second kappa shape index (κ2) is 11.7. The Morgan fingerprint density at radius 2 is 1.48 bits per heavy atom. The number of benzene rings is 1. The zero-order chi connectivity index (χ0) is 15.7. The Morgan fingerprint density at radius 3 is 2.05 bits per heavy atom. The Bertz CT molecular complexity index is 401. The molecule has 0 amide bonds. The highest BCUT2D eigenvalue weighted by molar-refractivity contribution is 14.1. The summed E-state index contributed by atoms with van der Waals surface area (Å²) in [5.41, 5.74) is 0. The predicted molar refractivity (Wildman–Crippen MR) is 114 cm³/mol. The van der Waals surface area contributed by atoms with Crippen LogP contribution in [0.2, 0.25) is 0 Å². The molecule has 2 nitrogen and oxygen atoms in total. The van der Waals surface area contributed by atoms with Crippen molar-refractivity contribution in [2.45, 2.75) is 64.6 Å². The van der Waals surface area contributed by atoms with Crippen LogP contribution in [0.1, 0.15) is 58.3 Å². The fourth-order valence-corrected chi connectivity index (χ4v) is 5.95. The largest absolute Gasteiger partial charge is 0.463 e. The SMILES string of the molecule is CCCCCCCCCC(O)Oc1c(I)cc(I)cc1I. The number of aliphatic hydroxyl groups excluding tert-OH is 1. The Hall–Kier alpha value is 1.17. The molecule has 0 aromatic heterocycles. The molecule has 5 heteroatoms. The summed E-state index contributed by atoms with van der Waals surface area (Å²) in [5, 5.41) is 10.0. The average molecular weight is 628 g/mol. The molecule has 1 rings (SSSR count). The molecular weight excluding hydrogens is 605 g/mol. The van der Waals surface area contributed by atoms with Crippen molar-refractivity contribution in [2.24, 2.45) is 0 Å². The minimum atomic E-state index is -0.692. The summed E-state index contributed by atoms with van der Waals surface area (Å²) in [4.78, 5) is 0. The second-order valence-corrected chi connectivity index (χ2v) is 8.75. The van der Waals surface area contributed by atoms with Crippen LogP contribution in [0.3, 0.4) is 0 Å². The van der Waals surface area contributed by atoms with Crippen molar-refractivity contribution in [1.29, 1.82) is 0 Å². The monoisotopic (exact) mass is 628 g/mol. The molecule has 0 saturated heterocycles. The van der Waals surface area contributed by atoms with Gasteiger partial charge in [0.15, 0.2) is 6.29 Å². The highest BCUT2D eigenvalue weighted by Crippen LogP contribution is 2.30. The van der Waals surface area contributed by atoms with Gasteiger partial charge in [0.05, 0.1) is 7.14 Å². The highest BCUT2D eigenvalue weighted by atomic mass is 127. The molecule has 1 atom stereocenters. The van der Waals surface area contributed by atoms with Crippen LogP contribution >= 0.6 is 67.8 Å². The molecule has 0 radical (unpaired) electrons. The van der Waals surface area contributed by atoms with E-state index in [1.165, 1.54) is 42.1 Å². The number of rotatable bonds is 10. The normalized spacial score (nSPS) is 12.4. The molecule has 1 N–H and O–H groups in total. The first-order chi connectivity index (χ1) is 10.0. The van der Waals surface area contributed by atoms with E-state index in [4.69, 9.17) is 4.74 Å². The van der Waals surface area contributed by atoms with Gasteiger partial charge in [0.1, 0.15) is 5.75 Å². The molecule has 0 aliphatic rings. The van der Waals surface area contributed by atoms with E-state index in [1.54, 1.807) is 0 Å². The average Bonchev–Trinajstić information content (AvgIpc) is 2.42. The molecule has 1 aromatic rings. The standard InChI is InChI=1S/C16H23I3O2/c1-2-3-4-5-6-7-8-9-15(20)21-16-13(18)10-12(17)11-14(16)19/h10-11,15,20H,2-9H2,1H3. The van der Waals surface area contributed by atoms with Crippen LogP contribution in [0.25, 0.3) is 0 Å². The third kappa shape index (κ3) is 8.55. The van der Waals surface area contributed by atoms with Crippen molar-refractivity contribution >= 4 is 67.8 Å². The third-order valence-electron chi connectivity index (χ3n) is 3.27. The predicted octanol–water partition coefficient (Wildman–Crippen LogP) is 6.34. The van der Waals surface area contributed by atoms with Gasteiger partial charge in [-0.3, -0.25) is 0 Å². The van der Waals surface area contributed by atoms with Gasteiger partial charge in [0.25, 0.3) is 0 Å². The van der Waals surface area contributed by atoms with E-state index < -0.39 is 6.29 Å². The van der Waals surface area contributed by atoms with E-state index in [9.17, 15) is 5.11 Å². The number of unbranched alkanes of at least 4 members (excludes halogenated alkanes) is 6. The maximum absolute atomic E-state index is 10.0. The van der Waals surface area contributed by atoms with Crippen molar-refractivity contribution in [1.82, 2.24) is 0 Å². The van der Waals surface area contributed by atoms with Crippen molar-refractivity contribution in [3.8, 4) is 5.75 Å². The maximum Gasteiger partial charge on any atom is 0.197 e. The molecule has 0 heterocycles. The van der Waals surface area contributed by atoms with E-state index in [-0.39, 0.29) is 0 Å². The van der Waals surface area contributed by atoms with Crippen molar-refractivity contribution in [2.75, 3.05) is 0 Å². The molecule has 0 spiro atoms. The van der Waals surface area contributed by atoms with Crippen molar-refractivity contribution in [3.63, 3.8) is 0 Å². The summed E-state index contributed by atoms with van der Waals surface area (Å²) in [6, 6.07) is 4.14. The lowest BCUT2D eigenvalue weighted by atomic mass is 10.1. The molecule has 1 unspecified atom stereocenters. The summed E-state index contributed by atoms with van der Waals surface area (Å²) >= 11 is 6.82. The van der Waals surface area contributed by atoms with Gasteiger partial charge in [-0.1, -0.05) is 45.4 Å². The summed E-state index contributed by atoms with van der Waals surface area (Å²) < 4.78 is 9.02. The third-order valence-corrected chi connectivity index (χ3v) is 5.50. The van der Waals surface area contributed by atoms with Crippen molar-refractivity contribution in [3.05, 3.63) is 22.8 Å². The summed E-state index contributed by atoms with van der Waals surface area (Å²) in [5.74, 6) is 0.812. The number of hydrogen-bond acceptors (Lipinski definition) is 2. The van der Waals surface area contributed by atoms with E-state index in [1.807, 2.05) is 0 Å². The van der Waals surface area contributed by atoms with Crippen LogP contribution in [0, 0.1) is 10.7 Å². The number of ether oxygens (including phenoxy) is 1. The summed E-state index contributed by atoms with van der Waals surface area (Å²) in [6.45, 7) is 2.24. The molecule has 0 fully saturated rings. The molecule has 0 bridgehead atoms. The second-order valence-electron chi connectivity index (χ2n) is 5.18. The van der Waals surface area contributed by atoms with Gasteiger partial charge in [-0.25, -0.2) is 0 Å². The lowest BCUT2D eigenvalue weighted by molar-refractivity contribution is -0.0258. The summed E-state index contributed by atoms with van der Waals surface area (Å²) in [7, 11) is 0. The Morgan fingerprint density at radius 1 is 0.952 bits per heavy atom. The molecule has 0 aliphatic carbocycles. The van der Waals surface area contributed by atoms with E-state index in [0.717, 1.165) is 19.3 Å². The fraction of sp³-hybridized carbons (Fsp3) is 0.625. The molecule has 0 saturated carbocycles. The maximum atomic E-state index is 10.0. The topological polar surface area (TPSA) is 29.5 Å². The van der Waals surface area contributed by atoms with Gasteiger partial charge in [0.2, 0.25) is 0 Å². The van der Waals surface area contributed by atoms with Gasteiger partial charge < -0.3 is 9.84 Å². The number of aliphatic hydroxyl groups is 1. The molecular formula is C16H23I3O2. The van der Waals surface area contributed by atoms with Crippen LogP contribution in [-0.4, -0.2) is 11.4 Å². The Balaban J connectivity index is 2.26. The zero-order valence-corrected chi connectivity index (χ0v) is 18.9. The van der Waals surface area contributed by atoms with E-state index in [2.05, 4.69) is 86.8 Å². The minimum Gasteiger partial charge on any atom is -0.463 e. The molecule has 120 valence electrons. The summed E-state index contributed by atoms with van der Waals surface area (Å²) in [6.07, 6.45) is 8.80. The number of halogens is 3. The highest BCUT2D eigenvalue weighted by Gasteiger charge is 2.12. The van der Waals surface area contributed by atoms with Gasteiger partial charge in [-0.05, 0) is 86.3 Å². The van der Waals surface area contributed by atoms with Gasteiger partial charge in [-0.15, -0.1) is 0 Å². The Labute approximate surface area is 169 Å². The van der Waals surface area contributed by atoms with Crippen LogP contribution in [-0.2, 0) is 0 Å². The first-order valence-electron chi connectivity index (χ1n) is 7.54. The smallest absolute Gasteiger partial charge is 0.197 e. The fourth-order valence-electron chi connectivity index (χ4n) is 2.11. The van der Waals surface area contributed by atoms with Gasteiger partial charge in [0, 0.05) is 9.99 Å². The first kappa shape index (κ1) is 20.2. The van der Waals surface area contributed by atoms with Gasteiger partial charge >= 0.3 is 0 Å². The van der Waals surface area contributed by atoms with E-state index in [0.29, 0.717) is 6.42 Å². The van der Waals surface area contributed by atoms with Crippen LogP contribution in [0.4, 0.5) is 0 Å². The van der Waals surface area contributed by atoms with Crippen molar-refractivity contribution < 1.29 is 9.84 Å². The van der Waals surface area contributed by atoms with Crippen LogP contribution in [0.15, 0.2) is 12.1 Å². The Kier molecular flexibility index (Phi) is 11.2. The van der Waals surface area contributed by atoms with Crippen LogP contribution < -0.4 is 4.74 Å². The lowest BCUT2D eigenvalue weighted by Gasteiger charge is -2.16. The molecule has 0 aliphatic heterocycles. The van der Waals surface area contributed by atoms with Gasteiger partial charge in [-0.2, -0.15) is 0 Å². The lowest BCUT2D eigenvalue weighted by Crippen LogP contribution is -2.16. The van der Waals surface area contributed by atoms with E-state index >= 15 is 0 Å². The quantitative estimate of drug-likeness (QED) is 0.187. The van der Waals surface area contributed by atoms with Crippen LogP contribution in [0.5, 0.6) is 5.75 Å². The molecule has 1 aromatic carbocycles. The first-order valence-corrected chi connectivity index (χ1v) is 10.8. The number of hydrogen-bond donors (Lipinski definition) is 1. The zero-order valence-electron chi connectivity index (χ0n) is 12.4. The minimum absolute atomic E-state index is 0.692.